The van der Waals surface area contributed by atoms with Gasteiger partial charge in [0.15, 0.2) is 5.60 Å². The van der Waals surface area contributed by atoms with Crippen molar-refractivity contribution in [1.29, 1.82) is 0 Å². The molecule has 1 heterocycles. The van der Waals surface area contributed by atoms with Crippen LogP contribution in [0.2, 0.25) is 0 Å². The number of thiazole rings is 1. The summed E-state index contributed by atoms with van der Waals surface area (Å²) in [4.78, 5) is 17.3. The SMILES string of the molecule is CCOC(=O)C(C)(C)OCc1cccc(OCc2sc(-c3ccc(C(F)(F)F)cc3)nc2C)c1. The maximum Gasteiger partial charge on any atom is 0.416 e. The molecule has 0 N–H and O–H groups in total. The van der Waals surface area contributed by atoms with Gasteiger partial charge in [-0.25, -0.2) is 9.78 Å². The number of carbonyl (C=O) groups excluding carboxylic acids is 1. The van der Waals surface area contributed by atoms with Crippen molar-refractivity contribution in [2.24, 2.45) is 0 Å². The molecular formula is C25H26F3NO4S. The standard InChI is InChI=1S/C25H26F3NO4S/c1-5-31-23(30)24(3,4)33-14-17-7-6-8-20(13-17)32-15-21-16(2)29-22(34-21)18-9-11-19(12-10-18)25(26,27)28/h6-13H,5,14-15H2,1-4H3. The van der Waals surface area contributed by atoms with Gasteiger partial charge in [0.25, 0.3) is 0 Å². The highest BCUT2D eigenvalue weighted by Crippen LogP contribution is 2.33. The molecule has 9 heteroatoms. The van der Waals surface area contributed by atoms with Crippen molar-refractivity contribution in [3.05, 3.63) is 70.2 Å². The van der Waals surface area contributed by atoms with Crippen molar-refractivity contribution < 1.29 is 32.2 Å². The molecule has 1 aromatic heterocycles. The van der Waals surface area contributed by atoms with Crippen LogP contribution in [0.4, 0.5) is 13.2 Å². The molecule has 0 aliphatic heterocycles. The van der Waals surface area contributed by atoms with E-state index in [1.165, 1.54) is 23.5 Å². The largest absolute Gasteiger partial charge is 0.488 e. The normalized spacial score (nSPS) is 12.0. The van der Waals surface area contributed by atoms with Crippen molar-refractivity contribution in [3.63, 3.8) is 0 Å². The Bertz CT molecular complexity index is 1120. The molecule has 34 heavy (non-hydrogen) atoms. The molecule has 0 aliphatic carbocycles. The Morgan fingerprint density at radius 2 is 1.76 bits per heavy atom. The van der Waals surface area contributed by atoms with E-state index in [-0.39, 0.29) is 19.8 Å². The summed E-state index contributed by atoms with van der Waals surface area (Å²) in [6, 6.07) is 12.3. The summed E-state index contributed by atoms with van der Waals surface area (Å²) in [6.07, 6.45) is -4.37. The molecule has 0 atom stereocenters. The quantitative estimate of drug-likeness (QED) is 0.316. The lowest BCUT2D eigenvalue weighted by molar-refractivity contribution is -0.169. The highest BCUT2D eigenvalue weighted by atomic mass is 32.1. The van der Waals surface area contributed by atoms with Crippen LogP contribution in [0, 0.1) is 6.92 Å². The molecule has 0 radical (unpaired) electrons. The van der Waals surface area contributed by atoms with Gasteiger partial charge in [-0.2, -0.15) is 13.2 Å². The minimum absolute atomic E-state index is 0.209. The van der Waals surface area contributed by atoms with Crippen LogP contribution in [0.15, 0.2) is 48.5 Å². The van der Waals surface area contributed by atoms with E-state index < -0.39 is 23.3 Å². The lowest BCUT2D eigenvalue weighted by Gasteiger charge is -2.23. The van der Waals surface area contributed by atoms with E-state index in [1.807, 2.05) is 31.2 Å². The lowest BCUT2D eigenvalue weighted by Crippen LogP contribution is -2.36. The number of aryl methyl sites for hydroxylation is 1. The summed E-state index contributed by atoms with van der Waals surface area (Å²) in [6.45, 7) is 7.66. The third-order valence-corrected chi connectivity index (χ3v) is 6.17. The third kappa shape index (κ3) is 6.57. The Morgan fingerprint density at radius 3 is 2.41 bits per heavy atom. The van der Waals surface area contributed by atoms with Crippen LogP contribution in [0.25, 0.3) is 10.6 Å². The summed E-state index contributed by atoms with van der Waals surface area (Å²) >= 11 is 1.38. The first-order chi connectivity index (χ1) is 16.0. The van der Waals surface area contributed by atoms with Crippen LogP contribution in [0.5, 0.6) is 5.75 Å². The second-order valence-corrected chi connectivity index (χ2v) is 9.14. The molecular weight excluding hydrogens is 467 g/mol. The Labute approximate surface area is 200 Å². The van der Waals surface area contributed by atoms with E-state index in [1.54, 1.807) is 20.8 Å². The Hall–Kier alpha value is -2.91. The van der Waals surface area contributed by atoms with Gasteiger partial charge in [-0.15, -0.1) is 11.3 Å². The molecule has 182 valence electrons. The second kappa shape index (κ2) is 10.6. The summed E-state index contributed by atoms with van der Waals surface area (Å²) in [5.74, 6) is 0.200. The first-order valence-corrected chi connectivity index (χ1v) is 11.5. The number of esters is 1. The zero-order valence-corrected chi connectivity index (χ0v) is 20.2. The highest BCUT2D eigenvalue weighted by molar-refractivity contribution is 7.15. The van der Waals surface area contributed by atoms with Gasteiger partial charge in [0.05, 0.1) is 29.3 Å². The number of benzene rings is 2. The Balaban J connectivity index is 1.63. The van der Waals surface area contributed by atoms with Crippen LogP contribution in [-0.2, 0) is 33.7 Å². The van der Waals surface area contributed by atoms with Gasteiger partial charge in [-0.3, -0.25) is 0 Å². The zero-order chi connectivity index (χ0) is 24.9. The topological polar surface area (TPSA) is 57.7 Å². The summed E-state index contributed by atoms with van der Waals surface area (Å²) < 4.78 is 55.1. The van der Waals surface area contributed by atoms with Gasteiger partial charge < -0.3 is 14.2 Å². The molecule has 0 saturated carbocycles. The lowest BCUT2D eigenvalue weighted by atomic mass is 10.1. The predicted molar refractivity (Wildman–Crippen MR) is 124 cm³/mol. The van der Waals surface area contributed by atoms with Crippen LogP contribution in [-0.4, -0.2) is 23.2 Å². The predicted octanol–water partition coefficient (Wildman–Crippen LogP) is 6.57. The summed E-state index contributed by atoms with van der Waals surface area (Å²) in [5.41, 5.74) is 0.455. The first kappa shape index (κ1) is 25.7. The monoisotopic (exact) mass is 493 g/mol. The average Bonchev–Trinajstić information content (AvgIpc) is 3.17. The van der Waals surface area contributed by atoms with Crippen molar-refractivity contribution in [1.82, 2.24) is 4.98 Å². The van der Waals surface area contributed by atoms with Gasteiger partial charge in [-0.05, 0) is 57.5 Å². The summed E-state index contributed by atoms with van der Waals surface area (Å²) in [5, 5.41) is 0.633. The van der Waals surface area contributed by atoms with Crippen LogP contribution >= 0.6 is 11.3 Å². The van der Waals surface area contributed by atoms with Crippen molar-refractivity contribution in [3.8, 4) is 16.3 Å². The molecule has 0 fully saturated rings. The van der Waals surface area contributed by atoms with Gasteiger partial charge in [0.1, 0.15) is 17.4 Å². The number of alkyl halides is 3. The number of halogens is 3. The van der Waals surface area contributed by atoms with Crippen LogP contribution < -0.4 is 4.74 Å². The maximum absolute atomic E-state index is 12.8. The molecule has 0 aliphatic rings. The van der Waals surface area contributed by atoms with E-state index in [0.29, 0.717) is 16.3 Å². The van der Waals surface area contributed by atoms with E-state index in [9.17, 15) is 18.0 Å². The van der Waals surface area contributed by atoms with Crippen molar-refractivity contribution >= 4 is 17.3 Å². The van der Waals surface area contributed by atoms with Gasteiger partial charge in [0, 0.05) is 5.56 Å². The number of carbonyl (C=O) groups is 1. The molecule has 3 aromatic rings. The second-order valence-electron chi connectivity index (χ2n) is 8.06. The minimum Gasteiger partial charge on any atom is -0.488 e. The molecule has 2 aromatic carbocycles. The Kier molecular flexibility index (Phi) is 7.99. The smallest absolute Gasteiger partial charge is 0.416 e. The van der Waals surface area contributed by atoms with E-state index >= 15 is 0 Å². The third-order valence-electron chi connectivity index (χ3n) is 4.99. The average molecular weight is 494 g/mol. The number of rotatable bonds is 9. The molecule has 0 spiro atoms. The number of hydrogen-bond acceptors (Lipinski definition) is 6. The number of nitrogens with zero attached hydrogens (tertiary/aromatic N) is 1. The van der Waals surface area contributed by atoms with E-state index in [2.05, 4.69) is 4.98 Å². The van der Waals surface area contributed by atoms with Crippen molar-refractivity contribution in [2.75, 3.05) is 6.61 Å². The van der Waals surface area contributed by atoms with Gasteiger partial charge >= 0.3 is 12.1 Å². The van der Waals surface area contributed by atoms with Crippen LogP contribution in [0.3, 0.4) is 0 Å². The molecule has 0 unspecified atom stereocenters. The van der Waals surface area contributed by atoms with Crippen molar-refractivity contribution in [2.45, 2.75) is 52.7 Å². The van der Waals surface area contributed by atoms with E-state index in [4.69, 9.17) is 14.2 Å². The van der Waals surface area contributed by atoms with Gasteiger partial charge in [-0.1, -0.05) is 24.3 Å². The minimum atomic E-state index is -4.37. The maximum atomic E-state index is 12.8. The fraction of sp³-hybridized carbons (Fsp3) is 0.360. The Morgan fingerprint density at radius 1 is 1.06 bits per heavy atom. The fourth-order valence-electron chi connectivity index (χ4n) is 2.99. The summed E-state index contributed by atoms with van der Waals surface area (Å²) in [7, 11) is 0. The molecule has 0 bridgehead atoms. The van der Waals surface area contributed by atoms with E-state index in [0.717, 1.165) is 28.3 Å². The molecule has 0 amide bonds. The first-order valence-electron chi connectivity index (χ1n) is 10.7. The fourth-order valence-corrected chi connectivity index (χ4v) is 3.97. The molecule has 5 nitrogen and oxygen atoms in total. The number of ether oxygens (including phenoxy) is 3. The molecule has 3 rings (SSSR count). The highest BCUT2D eigenvalue weighted by Gasteiger charge is 2.31. The van der Waals surface area contributed by atoms with Crippen LogP contribution in [0.1, 0.15) is 42.5 Å². The zero-order valence-electron chi connectivity index (χ0n) is 19.4. The number of hydrogen-bond donors (Lipinski definition) is 0. The van der Waals surface area contributed by atoms with Gasteiger partial charge in [0.2, 0.25) is 0 Å². The number of aromatic nitrogens is 1. The molecule has 0 saturated heterocycles.